The Morgan fingerprint density at radius 2 is 2.13 bits per heavy atom. The van der Waals surface area contributed by atoms with Crippen LogP contribution in [0.2, 0.25) is 0 Å². The number of nitrogen functional groups attached to an aromatic ring is 1. The summed E-state index contributed by atoms with van der Waals surface area (Å²) in [4.78, 5) is 21.0. The smallest absolute Gasteiger partial charge is 0.397 e. The third-order valence-corrected chi connectivity index (χ3v) is 4.89. The lowest BCUT2D eigenvalue weighted by atomic mass is 10.2. The number of nitrogens with zero attached hydrogens (tertiary/aromatic N) is 3. The molecule has 2 aromatic heterocycles. The molecule has 124 valence electrons. The lowest BCUT2D eigenvalue weighted by Crippen LogP contribution is -2.28. The molecule has 2 aromatic rings. The molecule has 0 radical (unpaired) electrons. The Labute approximate surface area is 138 Å². The molecule has 0 aromatic carbocycles. The summed E-state index contributed by atoms with van der Waals surface area (Å²) in [6.07, 6.45) is -3.65. The van der Waals surface area contributed by atoms with Gasteiger partial charge in [0, 0.05) is 7.05 Å². The topological polar surface area (TPSA) is 72.1 Å². The highest BCUT2D eigenvalue weighted by Gasteiger charge is 2.33. The summed E-state index contributed by atoms with van der Waals surface area (Å²) in [5, 5.41) is 0. The minimum atomic E-state index is -4.59. The zero-order valence-electron chi connectivity index (χ0n) is 12.2. The number of rotatable bonds is 4. The molecule has 0 saturated heterocycles. The molecule has 23 heavy (non-hydrogen) atoms. The van der Waals surface area contributed by atoms with E-state index >= 15 is 0 Å². The molecule has 2 rings (SSSR count). The van der Waals surface area contributed by atoms with Gasteiger partial charge in [0.25, 0.3) is 5.91 Å². The van der Waals surface area contributed by atoms with Crippen molar-refractivity contribution in [2.75, 3.05) is 23.4 Å². The van der Waals surface area contributed by atoms with Gasteiger partial charge in [-0.05, 0) is 11.8 Å². The Kier molecular flexibility index (Phi) is 5.15. The van der Waals surface area contributed by atoms with E-state index in [-0.39, 0.29) is 17.1 Å². The minimum absolute atomic E-state index is 0.100. The Morgan fingerprint density at radius 1 is 1.43 bits per heavy atom. The molecule has 0 aliphatic heterocycles. The third kappa shape index (κ3) is 3.75. The molecule has 1 amide bonds. The fourth-order valence-electron chi connectivity index (χ4n) is 1.78. The van der Waals surface area contributed by atoms with E-state index in [9.17, 15) is 18.0 Å². The molecular weight excluding hydrogens is 349 g/mol. The Balaban J connectivity index is 2.31. The SMILES string of the molecule is CCSc1scnc1C(=O)N(C)c1cnc(C(F)(F)F)cc1N. The second-order valence-electron chi connectivity index (χ2n) is 4.41. The maximum atomic E-state index is 12.6. The van der Waals surface area contributed by atoms with Crippen LogP contribution in [-0.4, -0.2) is 28.7 Å². The molecule has 0 spiro atoms. The Morgan fingerprint density at radius 3 is 2.70 bits per heavy atom. The van der Waals surface area contributed by atoms with Gasteiger partial charge in [-0.25, -0.2) is 9.97 Å². The van der Waals surface area contributed by atoms with Crippen molar-refractivity contribution >= 4 is 40.4 Å². The van der Waals surface area contributed by atoms with E-state index in [1.54, 1.807) is 5.51 Å². The molecule has 0 bridgehead atoms. The predicted octanol–water partition coefficient (Wildman–Crippen LogP) is 3.53. The molecule has 2 heterocycles. The van der Waals surface area contributed by atoms with Crippen LogP contribution < -0.4 is 10.6 Å². The second-order valence-corrected chi connectivity index (χ2v) is 6.80. The van der Waals surface area contributed by atoms with Crippen LogP contribution in [0.25, 0.3) is 0 Å². The molecule has 2 N–H and O–H groups in total. The molecule has 5 nitrogen and oxygen atoms in total. The van der Waals surface area contributed by atoms with E-state index in [1.807, 2.05) is 6.92 Å². The van der Waals surface area contributed by atoms with Crippen molar-refractivity contribution in [3.05, 3.63) is 29.2 Å². The Bertz CT molecular complexity index is 717. The van der Waals surface area contributed by atoms with Gasteiger partial charge in [0.2, 0.25) is 0 Å². The lowest BCUT2D eigenvalue weighted by molar-refractivity contribution is -0.141. The quantitative estimate of drug-likeness (QED) is 0.843. The first-order valence-electron chi connectivity index (χ1n) is 6.42. The van der Waals surface area contributed by atoms with Crippen molar-refractivity contribution < 1.29 is 18.0 Å². The van der Waals surface area contributed by atoms with Crippen LogP contribution in [0.15, 0.2) is 22.0 Å². The van der Waals surface area contributed by atoms with E-state index in [0.29, 0.717) is 6.07 Å². The maximum Gasteiger partial charge on any atom is 0.433 e. The lowest BCUT2D eigenvalue weighted by Gasteiger charge is -2.19. The summed E-state index contributed by atoms with van der Waals surface area (Å²) < 4.78 is 38.6. The van der Waals surface area contributed by atoms with Crippen LogP contribution in [0, 0.1) is 0 Å². The van der Waals surface area contributed by atoms with Crippen LogP contribution in [0.3, 0.4) is 0 Å². The van der Waals surface area contributed by atoms with Crippen LogP contribution in [0.4, 0.5) is 24.5 Å². The minimum Gasteiger partial charge on any atom is -0.397 e. The highest BCUT2D eigenvalue weighted by molar-refractivity contribution is 8.01. The number of hydrogen-bond donors (Lipinski definition) is 1. The van der Waals surface area contributed by atoms with E-state index in [0.717, 1.165) is 21.1 Å². The first kappa shape index (κ1) is 17.5. The number of aromatic nitrogens is 2. The van der Waals surface area contributed by atoms with E-state index in [2.05, 4.69) is 9.97 Å². The van der Waals surface area contributed by atoms with Crippen molar-refractivity contribution in [2.24, 2.45) is 0 Å². The van der Waals surface area contributed by atoms with E-state index < -0.39 is 17.8 Å². The van der Waals surface area contributed by atoms with Crippen molar-refractivity contribution in [1.29, 1.82) is 0 Å². The van der Waals surface area contributed by atoms with Gasteiger partial charge >= 0.3 is 6.18 Å². The molecule has 0 aliphatic carbocycles. The van der Waals surface area contributed by atoms with E-state index in [1.165, 1.54) is 30.1 Å². The van der Waals surface area contributed by atoms with Crippen LogP contribution in [0.1, 0.15) is 23.1 Å². The number of carbonyl (C=O) groups is 1. The summed E-state index contributed by atoms with van der Waals surface area (Å²) in [5.74, 6) is 0.325. The first-order chi connectivity index (χ1) is 10.8. The molecule has 0 unspecified atom stereocenters. The zero-order chi connectivity index (χ0) is 17.2. The maximum absolute atomic E-state index is 12.6. The second kappa shape index (κ2) is 6.75. The number of alkyl halides is 3. The van der Waals surface area contributed by atoms with Gasteiger partial charge in [0.15, 0.2) is 5.69 Å². The fraction of sp³-hybridized carbons (Fsp3) is 0.308. The largest absolute Gasteiger partial charge is 0.433 e. The molecule has 10 heteroatoms. The summed E-state index contributed by atoms with van der Waals surface area (Å²) in [7, 11) is 1.42. The molecule has 0 fully saturated rings. The van der Waals surface area contributed by atoms with Gasteiger partial charge in [0.1, 0.15) is 5.69 Å². The molecular formula is C13H13F3N4OS2. The predicted molar refractivity (Wildman–Crippen MR) is 84.9 cm³/mol. The normalized spacial score (nSPS) is 11.5. The monoisotopic (exact) mass is 362 g/mol. The van der Waals surface area contributed by atoms with Gasteiger partial charge in [-0.15, -0.1) is 23.1 Å². The van der Waals surface area contributed by atoms with Gasteiger partial charge in [-0.3, -0.25) is 4.79 Å². The van der Waals surface area contributed by atoms with Crippen LogP contribution in [-0.2, 0) is 6.18 Å². The number of thiazole rings is 1. The summed E-state index contributed by atoms with van der Waals surface area (Å²) in [6, 6.07) is 0.710. The molecule has 0 saturated carbocycles. The number of halogens is 3. The highest BCUT2D eigenvalue weighted by atomic mass is 32.2. The first-order valence-corrected chi connectivity index (χ1v) is 8.29. The van der Waals surface area contributed by atoms with Gasteiger partial charge in [0.05, 0.1) is 27.3 Å². The Hall–Kier alpha value is -1.81. The van der Waals surface area contributed by atoms with E-state index in [4.69, 9.17) is 5.73 Å². The number of carbonyl (C=O) groups excluding carboxylic acids is 1. The number of nitrogens with two attached hydrogens (primary N) is 1. The van der Waals surface area contributed by atoms with Crippen molar-refractivity contribution in [1.82, 2.24) is 9.97 Å². The van der Waals surface area contributed by atoms with Crippen LogP contribution in [0.5, 0.6) is 0 Å². The van der Waals surface area contributed by atoms with Crippen molar-refractivity contribution in [3.63, 3.8) is 0 Å². The number of amides is 1. The average molecular weight is 362 g/mol. The summed E-state index contributed by atoms with van der Waals surface area (Å²) in [6.45, 7) is 1.94. The fourth-order valence-corrected chi connectivity index (χ4v) is 3.58. The van der Waals surface area contributed by atoms with Crippen molar-refractivity contribution in [3.8, 4) is 0 Å². The number of hydrogen-bond acceptors (Lipinski definition) is 6. The zero-order valence-corrected chi connectivity index (χ0v) is 13.8. The van der Waals surface area contributed by atoms with Gasteiger partial charge in [-0.2, -0.15) is 13.2 Å². The third-order valence-electron chi connectivity index (χ3n) is 2.88. The average Bonchev–Trinajstić information content (AvgIpc) is 2.93. The molecule has 0 atom stereocenters. The molecule has 0 aliphatic rings. The van der Waals surface area contributed by atoms with Gasteiger partial charge in [-0.1, -0.05) is 6.92 Å². The standard InChI is InChI=1S/C13H13F3N4OS2/c1-3-22-12-10(19-6-23-12)11(21)20(2)8-5-18-9(4-7(8)17)13(14,15)16/h4-6H,3H2,1-2H3,(H2,17,18). The number of anilines is 2. The summed E-state index contributed by atoms with van der Waals surface area (Å²) in [5.41, 5.74) is 6.27. The van der Waals surface area contributed by atoms with Crippen LogP contribution >= 0.6 is 23.1 Å². The van der Waals surface area contributed by atoms with Crippen molar-refractivity contribution in [2.45, 2.75) is 17.3 Å². The van der Waals surface area contributed by atoms with Gasteiger partial charge < -0.3 is 10.6 Å². The highest BCUT2D eigenvalue weighted by Crippen LogP contribution is 2.33. The number of thioether (sulfide) groups is 1. The number of pyridine rings is 1. The summed E-state index contributed by atoms with van der Waals surface area (Å²) >= 11 is 2.81.